The standard InChI is InChI=1S/C27H44O2/c1-18(17-28)6-5-7-19(2)23-10-11-24-22-9-8-20-16-21(29)12-14-26(20,3)25(22)13-15-27(23,24)4/h16,18-19,22-25,28H,5-15,17H2,1-4H3/t18-,19?,22?,23-,24?,25?,26+,27-/m1/s1. The zero-order valence-electron chi connectivity index (χ0n) is 19.4. The molecule has 0 radical (unpaired) electrons. The number of hydrogen-bond donors (Lipinski definition) is 1. The normalized spacial score (nSPS) is 43.8. The van der Waals surface area contributed by atoms with Gasteiger partial charge in [-0.15, -0.1) is 0 Å². The Labute approximate surface area is 178 Å². The number of allylic oxidation sites excluding steroid dienone is 1. The number of ketones is 1. The molecule has 3 saturated carbocycles. The number of hydrogen-bond acceptors (Lipinski definition) is 2. The molecule has 8 atom stereocenters. The number of aliphatic hydroxyl groups excluding tert-OH is 1. The molecule has 4 unspecified atom stereocenters. The molecule has 2 nitrogen and oxygen atoms in total. The molecule has 0 aliphatic heterocycles. The average Bonchev–Trinajstić information content (AvgIpc) is 3.05. The van der Waals surface area contributed by atoms with E-state index in [1.54, 1.807) is 0 Å². The Balaban J connectivity index is 1.46. The SMILES string of the molecule is CC(CCC[C@@H](C)CO)[C@H]1CCC2C3CCC4=CC(=O)CC[C@]4(C)C3CC[C@@]21C. The summed E-state index contributed by atoms with van der Waals surface area (Å²) in [6.07, 6.45) is 15.8. The second-order valence-corrected chi connectivity index (χ2v) is 11.9. The van der Waals surface area contributed by atoms with E-state index in [4.69, 9.17) is 0 Å². The fraction of sp³-hybridized carbons (Fsp3) is 0.889. The molecule has 1 N–H and O–H groups in total. The first-order valence-electron chi connectivity index (χ1n) is 12.6. The molecule has 4 aliphatic carbocycles. The maximum absolute atomic E-state index is 12.0. The van der Waals surface area contributed by atoms with Crippen molar-refractivity contribution < 1.29 is 9.90 Å². The van der Waals surface area contributed by atoms with Crippen LogP contribution in [0.1, 0.15) is 98.3 Å². The van der Waals surface area contributed by atoms with Gasteiger partial charge >= 0.3 is 0 Å². The first-order valence-corrected chi connectivity index (χ1v) is 12.6. The van der Waals surface area contributed by atoms with Crippen molar-refractivity contribution in [1.82, 2.24) is 0 Å². The van der Waals surface area contributed by atoms with E-state index in [2.05, 4.69) is 27.7 Å². The minimum atomic E-state index is 0.308. The van der Waals surface area contributed by atoms with Gasteiger partial charge in [-0.05, 0) is 104 Å². The Bertz CT molecular complexity index is 651. The van der Waals surface area contributed by atoms with Crippen LogP contribution in [0.3, 0.4) is 0 Å². The summed E-state index contributed by atoms with van der Waals surface area (Å²) in [6.45, 7) is 10.2. The van der Waals surface area contributed by atoms with Gasteiger partial charge in [-0.25, -0.2) is 0 Å². The molecule has 29 heavy (non-hydrogen) atoms. The minimum absolute atomic E-state index is 0.308. The van der Waals surface area contributed by atoms with Gasteiger partial charge in [0.05, 0.1) is 0 Å². The summed E-state index contributed by atoms with van der Waals surface area (Å²) in [4.78, 5) is 12.0. The largest absolute Gasteiger partial charge is 0.396 e. The highest BCUT2D eigenvalue weighted by molar-refractivity contribution is 5.91. The zero-order valence-corrected chi connectivity index (χ0v) is 19.4. The van der Waals surface area contributed by atoms with Crippen LogP contribution in [0.2, 0.25) is 0 Å². The molecule has 3 fully saturated rings. The molecular formula is C27H44O2. The molecule has 4 rings (SSSR count). The van der Waals surface area contributed by atoms with E-state index < -0.39 is 0 Å². The maximum Gasteiger partial charge on any atom is 0.155 e. The molecule has 0 bridgehead atoms. The first-order chi connectivity index (χ1) is 13.8. The number of carbonyl (C=O) groups excluding carboxylic acids is 1. The van der Waals surface area contributed by atoms with Crippen LogP contribution in [0.25, 0.3) is 0 Å². The molecule has 164 valence electrons. The van der Waals surface area contributed by atoms with Crippen LogP contribution in [-0.2, 0) is 4.79 Å². The van der Waals surface area contributed by atoms with E-state index in [9.17, 15) is 9.90 Å². The van der Waals surface area contributed by atoms with Crippen molar-refractivity contribution in [1.29, 1.82) is 0 Å². The third-order valence-corrected chi connectivity index (χ3v) is 10.4. The predicted molar refractivity (Wildman–Crippen MR) is 119 cm³/mol. The quantitative estimate of drug-likeness (QED) is 0.547. The molecule has 0 heterocycles. The highest BCUT2D eigenvalue weighted by Gasteiger charge is 2.59. The number of rotatable bonds is 6. The number of fused-ring (bicyclic) bond motifs is 5. The molecule has 4 aliphatic rings. The number of aliphatic hydroxyl groups is 1. The van der Waals surface area contributed by atoms with Gasteiger partial charge in [-0.2, -0.15) is 0 Å². The molecule has 0 spiro atoms. The van der Waals surface area contributed by atoms with Gasteiger partial charge in [-0.3, -0.25) is 4.79 Å². The number of carbonyl (C=O) groups is 1. The maximum atomic E-state index is 12.0. The van der Waals surface area contributed by atoms with Crippen LogP contribution >= 0.6 is 0 Å². The topological polar surface area (TPSA) is 37.3 Å². The lowest BCUT2D eigenvalue weighted by atomic mass is 9.46. The van der Waals surface area contributed by atoms with Crippen molar-refractivity contribution in [3.05, 3.63) is 11.6 Å². The van der Waals surface area contributed by atoms with Crippen LogP contribution in [0.5, 0.6) is 0 Å². The monoisotopic (exact) mass is 400 g/mol. The lowest BCUT2D eigenvalue weighted by Crippen LogP contribution is -2.50. The van der Waals surface area contributed by atoms with Crippen LogP contribution < -0.4 is 0 Å². The zero-order chi connectivity index (χ0) is 20.8. The molecule has 0 aromatic carbocycles. The summed E-state index contributed by atoms with van der Waals surface area (Å²) in [5.74, 6) is 5.13. The van der Waals surface area contributed by atoms with Crippen LogP contribution in [0, 0.1) is 46.3 Å². The van der Waals surface area contributed by atoms with Crippen LogP contribution in [-0.4, -0.2) is 17.5 Å². The van der Waals surface area contributed by atoms with E-state index >= 15 is 0 Å². The molecule has 2 heteroatoms. The molecule has 0 amide bonds. The van der Waals surface area contributed by atoms with E-state index in [0.717, 1.165) is 42.4 Å². The van der Waals surface area contributed by atoms with Crippen LogP contribution in [0.15, 0.2) is 11.6 Å². The predicted octanol–water partition coefficient (Wildman–Crippen LogP) is 6.57. The summed E-state index contributed by atoms with van der Waals surface area (Å²) in [6, 6.07) is 0. The minimum Gasteiger partial charge on any atom is -0.396 e. The summed E-state index contributed by atoms with van der Waals surface area (Å²) in [5, 5.41) is 9.31. The van der Waals surface area contributed by atoms with Gasteiger partial charge in [0.25, 0.3) is 0 Å². The summed E-state index contributed by atoms with van der Waals surface area (Å²) >= 11 is 0. The van der Waals surface area contributed by atoms with Gasteiger partial charge < -0.3 is 5.11 Å². The van der Waals surface area contributed by atoms with Gasteiger partial charge in [0.2, 0.25) is 0 Å². The highest BCUT2D eigenvalue weighted by atomic mass is 16.3. The lowest BCUT2D eigenvalue weighted by Gasteiger charge is -2.58. The molecule has 0 aromatic heterocycles. The Hall–Kier alpha value is -0.630. The highest BCUT2D eigenvalue weighted by Crippen LogP contribution is 2.67. The van der Waals surface area contributed by atoms with E-state index in [0.29, 0.717) is 29.1 Å². The Kier molecular flexibility index (Phi) is 6.06. The van der Waals surface area contributed by atoms with Crippen molar-refractivity contribution in [2.24, 2.45) is 46.3 Å². The van der Waals surface area contributed by atoms with Gasteiger partial charge in [0.1, 0.15) is 0 Å². The van der Waals surface area contributed by atoms with Crippen LogP contribution in [0.4, 0.5) is 0 Å². The van der Waals surface area contributed by atoms with Gasteiger partial charge in [-0.1, -0.05) is 46.1 Å². The smallest absolute Gasteiger partial charge is 0.155 e. The third-order valence-electron chi connectivity index (χ3n) is 10.4. The lowest BCUT2D eigenvalue weighted by molar-refractivity contribution is -0.117. The molecule has 0 saturated heterocycles. The molecular weight excluding hydrogens is 356 g/mol. The van der Waals surface area contributed by atoms with Crippen molar-refractivity contribution in [2.75, 3.05) is 6.61 Å². The Morgan fingerprint density at radius 2 is 1.83 bits per heavy atom. The average molecular weight is 401 g/mol. The summed E-state index contributed by atoms with van der Waals surface area (Å²) in [5.41, 5.74) is 2.34. The van der Waals surface area contributed by atoms with Gasteiger partial charge in [0.15, 0.2) is 5.78 Å². The second kappa shape index (κ2) is 8.13. The summed E-state index contributed by atoms with van der Waals surface area (Å²) < 4.78 is 0. The third kappa shape index (κ3) is 3.66. The Morgan fingerprint density at radius 1 is 1.03 bits per heavy atom. The Morgan fingerprint density at radius 3 is 2.59 bits per heavy atom. The van der Waals surface area contributed by atoms with Gasteiger partial charge in [0, 0.05) is 13.0 Å². The first kappa shape index (κ1) is 21.6. The van der Waals surface area contributed by atoms with Crippen molar-refractivity contribution in [2.45, 2.75) is 98.3 Å². The van der Waals surface area contributed by atoms with E-state index in [1.165, 1.54) is 63.4 Å². The fourth-order valence-corrected chi connectivity index (χ4v) is 8.62. The van der Waals surface area contributed by atoms with E-state index in [1.807, 2.05) is 6.08 Å². The van der Waals surface area contributed by atoms with Crippen molar-refractivity contribution in [3.63, 3.8) is 0 Å². The fourth-order valence-electron chi connectivity index (χ4n) is 8.62. The van der Waals surface area contributed by atoms with Crippen molar-refractivity contribution in [3.8, 4) is 0 Å². The van der Waals surface area contributed by atoms with E-state index in [-0.39, 0.29) is 0 Å². The second-order valence-electron chi connectivity index (χ2n) is 11.9. The summed E-state index contributed by atoms with van der Waals surface area (Å²) in [7, 11) is 0. The molecule has 0 aromatic rings. The van der Waals surface area contributed by atoms with Crippen molar-refractivity contribution >= 4 is 5.78 Å².